The number of allylic oxidation sites excluding steroid dienone is 6. The van der Waals surface area contributed by atoms with Crippen molar-refractivity contribution in [2.45, 2.75) is 27.2 Å². The average molecular weight is 203 g/mol. The van der Waals surface area contributed by atoms with E-state index in [1.54, 1.807) is 6.20 Å². The summed E-state index contributed by atoms with van der Waals surface area (Å²) in [5, 5.41) is 0. The van der Waals surface area contributed by atoms with Crippen molar-refractivity contribution in [3.8, 4) is 0 Å². The molecule has 0 saturated heterocycles. The average Bonchev–Trinajstić information content (AvgIpc) is 2.57. The Morgan fingerprint density at radius 3 is 2.73 bits per heavy atom. The van der Waals surface area contributed by atoms with E-state index >= 15 is 0 Å². The Morgan fingerprint density at radius 1 is 1.27 bits per heavy atom. The van der Waals surface area contributed by atoms with E-state index in [0.29, 0.717) is 5.89 Å². The van der Waals surface area contributed by atoms with Gasteiger partial charge in [-0.05, 0) is 6.42 Å². The summed E-state index contributed by atoms with van der Waals surface area (Å²) in [6.07, 6.45) is 13.1. The van der Waals surface area contributed by atoms with Crippen LogP contribution in [-0.2, 0) is 0 Å². The molecule has 1 aromatic heterocycles. The molecule has 0 radical (unpaired) electrons. The minimum atomic E-state index is 0.706. The Kier molecular flexibility index (Phi) is 4.61. The summed E-state index contributed by atoms with van der Waals surface area (Å²) in [4.78, 5) is 4.06. The van der Waals surface area contributed by atoms with Crippen molar-refractivity contribution in [1.82, 2.24) is 4.98 Å². The smallest absolute Gasteiger partial charge is 0.191 e. The van der Waals surface area contributed by atoms with Crippen LogP contribution in [0.5, 0.6) is 0 Å². The van der Waals surface area contributed by atoms with Crippen molar-refractivity contribution in [2.75, 3.05) is 0 Å². The lowest BCUT2D eigenvalue weighted by Gasteiger charge is -1.92. The van der Waals surface area contributed by atoms with Gasteiger partial charge in [0.2, 0.25) is 0 Å². The highest BCUT2D eigenvalue weighted by atomic mass is 16.4. The molecule has 0 aromatic carbocycles. The van der Waals surface area contributed by atoms with Crippen molar-refractivity contribution in [3.63, 3.8) is 0 Å². The maximum Gasteiger partial charge on any atom is 0.191 e. The predicted molar refractivity (Wildman–Crippen MR) is 63.5 cm³/mol. The van der Waals surface area contributed by atoms with Gasteiger partial charge in [-0.1, -0.05) is 44.2 Å². The van der Waals surface area contributed by atoms with Gasteiger partial charge in [-0.3, -0.25) is 0 Å². The van der Waals surface area contributed by atoms with Crippen molar-refractivity contribution in [2.24, 2.45) is 0 Å². The Balaban J connectivity index is 0.000000531. The normalized spacial score (nSPS) is 13.9. The molecule has 0 aliphatic heterocycles. The van der Waals surface area contributed by atoms with E-state index in [1.165, 1.54) is 0 Å². The molecule has 80 valence electrons. The van der Waals surface area contributed by atoms with E-state index in [4.69, 9.17) is 4.42 Å². The SMILES string of the molecule is CC.Cc1ncc(C2=CC=CCC=C2)o1. The van der Waals surface area contributed by atoms with Crippen molar-refractivity contribution < 1.29 is 4.42 Å². The van der Waals surface area contributed by atoms with Crippen LogP contribution >= 0.6 is 0 Å². The summed E-state index contributed by atoms with van der Waals surface area (Å²) >= 11 is 0. The fraction of sp³-hybridized carbons (Fsp3) is 0.308. The van der Waals surface area contributed by atoms with Crippen LogP contribution in [0.2, 0.25) is 0 Å². The van der Waals surface area contributed by atoms with Crippen LogP contribution < -0.4 is 0 Å². The number of hydrogen-bond donors (Lipinski definition) is 0. The van der Waals surface area contributed by atoms with Crippen molar-refractivity contribution in [1.29, 1.82) is 0 Å². The number of oxazole rings is 1. The van der Waals surface area contributed by atoms with Crippen LogP contribution in [0, 0.1) is 6.92 Å². The summed E-state index contributed by atoms with van der Waals surface area (Å²) in [5.74, 6) is 1.54. The minimum Gasteiger partial charge on any atom is -0.441 e. The first-order chi connectivity index (χ1) is 7.36. The Labute approximate surface area is 91.0 Å². The lowest BCUT2D eigenvalue weighted by molar-refractivity contribution is 0.510. The number of aryl methyl sites for hydroxylation is 1. The third-order valence-corrected chi connectivity index (χ3v) is 1.89. The molecule has 2 rings (SSSR count). The second-order valence-electron chi connectivity index (χ2n) is 2.93. The summed E-state index contributed by atoms with van der Waals surface area (Å²) < 4.78 is 5.41. The zero-order valence-corrected chi connectivity index (χ0v) is 9.53. The van der Waals surface area contributed by atoms with Gasteiger partial charge in [0.05, 0.1) is 6.20 Å². The lowest BCUT2D eigenvalue weighted by atomic mass is 10.2. The van der Waals surface area contributed by atoms with E-state index in [9.17, 15) is 0 Å². The summed E-state index contributed by atoms with van der Waals surface area (Å²) in [7, 11) is 0. The monoisotopic (exact) mass is 203 g/mol. The van der Waals surface area contributed by atoms with Crippen LogP contribution in [0.1, 0.15) is 31.9 Å². The number of aromatic nitrogens is 1. The molecule has 2 heteroatoms. The maximum atomic E-state index is 5.41. The van der Waals surface area contributed by atoms with Crippen LogP contribution in [0.25, 0.3) is 5.57 Å². The molecule has 1 aliphatic carbocycles. The molecule has 2 nitrogen and oxygen atoms in total. The van der Waals surface area contributed by atoms with Gasteiger partial charge in [-0.2, -0.15) is 0 Å². The maximum absolute atomic E-state index is 5.41. The van der Waals surface area contributed by atoms with E-state index in [1.807, 2.05) is 32.9 Å². The predicted octanol–water partition coefficient (Wildman–Crippen LogP) is 3.91. The highest BCUT2D eigenvalue weighted by molar-refractivity contribution is 5.72. The Morgan fingerprint density at radius 2 is 2.07 bits per heavy atom. The number of rotatable bonds is 1. The third-order valence-electron chi connectivity index (χ3n) is 1.89. The fourth-order valence-electron chi connectivity index (χ4n) is 1.24. The minimum absolute atomic E-state index is 0.706. The summed E-state index contributed by atoms with van der Waals surface area (Å²) in [5.41, 5.74) is 1.08. The quantitative estimate of drug-likeness (QED) is 0.691. The molecule has 0 unspecified atom stereocenters. The van der Waals surface area contributed by atoms with E-state index in [0.717, 1.165) is 17.8 Å². The molecule has 0 atom stereocenters. The van der Waals surface area contributed by atoms with Gasteiger partial charge < -0.3 is 4.42 Å². The second kappa shape index (κ2) is 6.02. The molecule has 15 heavy (non-hydrogen) atoms. The van der Waals surface area contributed by atoms with Crippen LogP contribution in [-0.4, -0.2) is 4.98 Å². The van der Waals surface area contributed by atoms with Crippen LogP contribution in [0.15, 0.2) is 41.0 Å². The van der Waals surface area contributed by atoms with Crippen LogP contribution in [0.3, 0.4) is 0 Å². The molecule has 0 saturated carbocycles. The first kappa shape index (κ1) is 11.5. The van der Waals surface area contributed by atoms with E-state index in [-0.39, 0.29) is 0 Å². The molecule has 1 aromatic rings. The highest BCUT2D eigenvalue weighted by Crippen LogP contribution is 2.18. The van der Waals surface area contributed by atoms with E-state index in [2.05, 4.69) is 23.2 Å². The first-order valence-corrected chi connectivity index (χ1v) is 5.32. The molecule has 0 spiro atoms. The molecule has 0 bridgehead atoms. The fourth-order valence-corrected chi connectivity index (χ4v) is 1.24. The van der Waals surface area contributed by atoms with Gasteiger partial charge in [0, 0.05) is 12.5 Å². The van der Waals surface area contributed by atoms with Crippen molar-refractivity contribution in [3.05, 3.63) is 48.2 Å². The van der Waals surface area contributed by atoms with Gasteiger partial charge in [-0.25, -0.2) is 4.98 Å². The van der Waals surface area contributed by atoms with Gasteiger partial charge in [-0.15, -0.1) is 0 Å². The lowest BCUT2D eigenvalue weighted by Crippen LogP contribution is -1.73. The standard InChI is InChI=1S/C11H11NO.C2H6/c1-9-12-8-11(13-9)10-6-4-2-3-5-7-10;1-2/h2,4-8H,3H2,1H3;1-2H3. The molecule has 0 amide bonds. The highest BCUT2D eigenvalue weighted by Gasteiger charge is 2.03. The van der Waals surface area contributed by atoms with Crippen molar-refractivity contribution >= 4 is 5.57 Å². The topological polar surface area (TPSA) is 26.0 Å². The summed E-state index contributed by atoms with van der Waals surface area (Å²) in [6, 6.07) is 0. The van der Waals surface area contributed by atoms with Gasteiger partial charge in [0.1, 0.15) is 0 Å². The number of hydrogen-bond acceptors (Lipinski definition) is 2. The molecule has 0 fully saturated rings. The van der Waals surface area contributed by atoms with E-state index < -0.39 is 0 Å². The van der Waals surface area contributed by atoms with Gasteiger partial charge in [0.15, 0.2) is 11.7 Å². The summed E-state index contributed by atoms with van der Waals surface area (Å²) in [6.45, 7) is 5.85. The van der Waals surface area contributed by atoms with Crippen LogP contribution in [0.4, 0.5) is 0 Å². The first-order valence-electron chi connectivity index (χ1n) is 5.32. The number of nitrogens with zero attached hydrogens (tertiary/aromatic N) is 1. The second-order valence-corrected chi connectivity index (χ2v) is 2.93. The molecule has 1 aliphatic rings. The zero-order chi connectivity index (χ0) is 11.1. The Bertz CT molecular complexity index is 383. The Hall–Kier alpha value is -1.57. The molecular weight excluding hydrogens is 186 g/mol. The third kappa shape index (κ3) is 3.24. The van der Waals surface area contributed by atoms with Gasteiger partial charge in [0.25, 0.3) is 0 Å². The molecular formula is C13H17NO. The zero-order valence-electron chi connectivity index (χ0n) is 9.53. The molecule has 0 N–H and O–H groups in total. The van der Waals surface area contributed by atoms with Gasteiger partial charge >= 0.3 is 0 Å². The largest absolute Gasteiger partial charge is 0.441 e. The molecule has 1 heterocycles.